The molecule has 0 fully saturated rings. The van der Waals surface area contributed by atoms with Crippen molar-refractivity contribution in [2.24, 2.45) is 0 Å². The van der Waals surface area contributed by atoms with Crippen LogP contribution in [-0.4, -0.2) is 14.2 Å². The second-order valence-electron chi connectivity index (χ2n) is 6.86. The average molecular weight is 339 g/mol. The highest BCUT2D eigenvalue weighted by molar-refractivity contribution is 7.91. The van der Waals surface area contributed by atoms with E-state index in [2.05, 4.69) is 53.7 Å². The highest BCUT2D eigenvalue weighted by Gasteiger charge is 2.27. The Balaban J connectivity index is 3.81. The van der Waals surface area contributed by atoms with Crippen molar-refractivity contribution >= 4 is 9.84 Å². The standard InChI is InChI=1S/C20H34O2S/c1-8-14(5)17-12-18(15(6)9-2)20(23(21,22)11-4)19(13-17)16(7)10-3/h12-16H,8-11H2,1-7H3. The molecule has 0 aliphatic rings. The number of rotatable bonds is 8. The van der Waals surface area contributed by atoms with Gasteiger partial charge in [0.2, 0.25) is 0 Å². The number of hydrogen-bond acceptors (Lipinski definition) is 2. The highest BCUT2D eigenvalue weighted by Crippen LogP contribution is 2.38. The molecule has 0 bridgehead atoms. The molecule has 0 amide bonds. The Morgan fingerprint density at radius 2 is 1.17 bits per heavy atom. The first-order valence-electron chi connectivity index (χ1n) is 9.13. The van der Waals surface area contributed by atoms with Crippen molar-refractivity contribution in [3.05, 3.63) is 28.8 Å². The lowest BCUT2D eigenvalue weighted by atomic mass is 9.86. The van der Waals surface area contributed by atoms with Gasteiger partial charge in [0.15, 0.2) is 9.84 Å². The fourth-order valence-electron chi connectivity index (χ4n) is 2.89. The van der Waals surface area contributed by atoms with E-state index in [1.54, 1.807) is 6.92 Å². The van der Waals surface area contributed by atoms with Gasteiger partial charge in [0.1, 0.15) is 0 Å². The van der Waals surface area contributed by atoms with Crippen LogP contribution in [0.25, 0.3) is 0 Å². The maximum Gasteiger partial charge on any atom is 0.178 e. The number of hydrogen-bond donors (Lipinski definition) is 0. The van der Waals surface area contributed by atoms with Crippen LogP contribution in [0.1, 0.15) is 102 Å². The molecule has 3 unspecified atom stereocenters. The van der Waals surface area contributed by atoms with Crippen molar-refractivity contribution < 1.29 is 8.42 Å². The lowest BCUT2D eigenvalue weighted by Gasteiger charge is -2.24. The molecule has 0 saturated heterocycles. The van der Waals surface area contributed by atoms with E-state index in [-0.39, 0.29) is 17.6 Å². The van der Waals surface area contributed by atoms with Gasteiger partial charge in [-0.15, -0.1) is 0 Å². The van der Waals surface area contributed by atoms with Crippen LogP contribution in [0.15, 0.2) is 17.0 Å². The molecule has 1 rings (SSSR count). The summed E-state index contributed by atoms with van der Waals surface area (Å²) < 4.78 is 25.7. The van der Waals surface area contributed by atoms with E-state index in [9.17, 15) is 8.42 Å². The smallest absolute Gasteiger partial charge is 0.178 e. The molecule has 3 atom stereocenters. The molecule has 0 aromatic heterocycles. The zero-order valence-electron chi connectivity index (χ0n) is 15.9. The maximum absolute atomic E-state index is 12.8. The first-order valence-corrected chi connectivity index (χ1v) is 10.8. The molecule has 132 valence electrons. The van der Waals surface area contributed by atoms with Crippen LogP contribution in [0.5, 0.6) is 0 Å². The molecule has 0 N–H and O–H groups in total. The van der Waals surface area contributed by atoms with Crippen LogP contribution >= 0.6 is 0 Å². The first-order chi connectivity index (χ1) is 10.7. The van der Waals surface area contributed by atoms with Crippen LogP contribution in [0, 0.1) is 0 Å². The van der Waals surface area contributed by atoms with E-state index < -0.39 is 9.84 Å². The minimum atomic E-state index is -3.22. The Bertz CT molecular complexity index is 586. The van der Waals surface area contributed by atoms with Crippen LogP contribution in [-0.2, 0) is 9.84 Å². The molecule has 2 nitrogen and oxygen atoms in total. The lowest BCUT2D eigenvalue weighted by Crippen LogP contribution is -2.15. The zero-order valence-corrected chi connectivity index (χ0v) is 16.8. The monoisotopic (exact) mass is 338 g/mol. The van der Waals surface area contributed by atoms with Crippen molar-refractivity contribution in [2.45, 2.75) is 90.4 Å². The van der Waals surface area contributed by atoms with E-state index in [4.69, 9.17) is 0 Å². The summed E-state index contributed by atoms with van der Waals surface area (Å²) in [7, 11) is -3.22. The molecule has 0 aliphatic carbocycles. The van der Waals surface area contributed by atoms with Crippen molar-refractivity contribution in [1.82, 2.24) is 0 Å². The molecule has 1 aromatic rings. The fourth-order valence-corrected chi connectivity index (χ4v) is 4.42. The highest BCUT2D eigenvalue weighted by atomic mass is 32.2. The molecule has 1 aromatic carbocycles. The first kappa shape index (κ1) is 20.2. The number of sulfone groups is 1. The SMILES string of the molecule is CCC(C)c1cc(C(C)CC)c(S(=O)(=O)CC)c(C(C)CC)c1. The molecular weight excluding hydrogens is 304 g/mol. The fraction of sp³-hybridized carbons (Fsp3) is 0.700. The van der Waals surface area contributed by atoms with Gasteiger partial charge >= 0.3 is 0 Å². The summed E-state index contributed by atoms with van der Waals surface area (Å²) in [4.78, 5) is 0.621. The summed E-state index contributed by atoms with van der Waals surface area (Å²) in [6.07, 6.45) is 2.98. The van der Waals surface area contributed by atoms with Crippen molar-refractivity contribution in [3.8, 4) is 0 Å². The van der Waals surface area contributed by atoms with Crippen LogP contribution in [0.3, 0.4) is 0 Å². The van der Waals surface area contributed by atoms with E-state index in [1.807, 2.05) is 0 Å². The summed E-state index contributed by atoms with van der Waals surface area (Å²) in [5.74, 6) is 1.15. The van der Waals surface area contributed by atoms with Gasteiger partial charge in [0.05, 0.1) is 10.6 Å². The summed E-state index contributed by atoms with van der Waals surface area (Å²) in [6, 6.07) is 4.33. The minimum Gasteiger partial charge on any atom is -0.224 e. The van der Waals surface area contributed by atoms with E-state index in [1.165, 1.54) is 5.56 Å². The molecule has 0 heterocycles. The predicted molar refractivity (Wildman–Crippen MR) is 100 cm³/mol. The molecular formula is C20H34O2S. The van der Waals surface area contributed by atoms with Gasteiger partial charge in [0, 0.05) is 0 Å². The third kappa shape index (κ3) is 4.37. The Morgan fingerprint density at radius 3 is 1.48 bits per heavy atom. The average Bonchev–Trinajstić information content (AvgIpc) is 2.58. The quantitative estimate of drug-likeness (QED) is 0.580. The van der Waals surface area contributed by atoms with Gasteiger partial charge in [-0.2, -0.15) is 0 Å². The Hall–Kier alpha value is -0.830. The Morgan fingerprint density at radius 1 is 0.783 bits per heavy atom. The molecule has 0 aliphatic heterocycles. The van der Waals surface area contributed by atoms with E-state index in [0.717, 1.165) is 30.4 Å². The van der Waals surface area contributed by atoms with Gasteiger partial charge in [0.25, 0.3) is 0 Å². The van der Waals surface area contributed by atoms with Crippen molar-refractivity contribution in [1.29, 1.82) is 0 Å². The van der Waals surface area contributed by atoms with E-state index >= 15 is 0 Å². The van der Waals surface area contributed by atoms with Gasteiger partial charge in [-0.05, 0) is 53.7 Å². The predicted octanol–water partition coefficient (Wildman–Crippen LogP) is 6.02. The van der Waals surface area contributed by atoms with Gasteiger partial charge in [-0.1, -0.05) is 60.6 Å². The summed E-state index contributed by atoms with van der Waals surface area (Å²) in [5, 5.41) is 0. The van der Waals surface area contributed by atoms with Gasteiger partial charge < -0.3 is 0 Å². The second-order valence-corrected chi connectivity index (χ2v) is 9.07. The summed E-state index contributed by atoms with van der Waals surface area (Å²) in [6.45, 7) is 14.7. The van der Waals surface area contributed by atoms with E-state index in [0.29, 0.717) is 10.8 Å². The zero-order chi connectivity index (χ0) is 17.8. The van der Waals surface area contributed by atoms with Crippen molar-refractivity contribution in [3.63, 3.8) is 0 Å². The van der Waals surface area contributed by atoms with Gasteiger partial charge in [-0.25, -0.2) is 8.42 Å². The molecule has 3 heteroatoms. The number of benzene rings is 1. The van der Waals surface area contributed by atoms with Crippen molar-refractivity contribution in [2.75, 3.05) is 5.75 Å². The third-order valence-corrected chi connectivity index (χ3v) is 7.18. The van der Waals surface area contributed by atoms with Gasteiger partial charge in [-0.3, -0.25) is 0 Å². The lowest BCUT2D eigenvalue weighted by molar-refractivity contribution is 0.586. The third-order valence-electron chi connectivity index (χ3n) is 5.33. The Kier molecular flexibility index (Phi) is 7.31. The summed E-state index contributed by atoms with van der Waals surface area (Å²) >= 11 is 0. The second kappa shape index (κ2) is 8.32. The summed E-state index contributed by atoms with van der Waals surface area (Å²) in [5.41, 5.74) is 3.35. The Labute approximate surface area is 143 Å². The normalized spacial score (nSPS) is 16.1. The van der Waals surface area contributed by atoms with Crippen LogP contribution < -0.4 is 0 Å². The molecule has 23 heavy (non-hydrogen) atoms. The minimum absolute atomic E-state index is 0.169. The van der Waals surface area contributed by atoms with Crippen LogP contribution in [0.4, 0.5) is 0 Å². The largest absolute Gasteiger partial charge is 0.224 e. The molecule has 0 radical (unpaired) electrons. The molecule has 0 saturated carbocycles. The molecule has 0 spiro atoms. The van der Waals surface area contributed by atoms with Crippen LogP contribution in [0.2, 0.25) is 0 Å². The maximum atomic E-state index is 12.8. The topological polar surface area (TPSA) is 34.1 Å².